The van der Waals surface area contributed by atoms with Crippen molar-refractivity contribution in [1.82, 2.24) is 15.1 Å². The summed E-state index contributed by atoms with van der Waals surface area (Å²) in [5.41, 5.74) is 6.02. The molecule has 5 heteroatoms. The van der Waals surface area contributed by atoms with E-state index in [1.54, 1.807) is 0 Å². The van der Waals surface area contributed by atoms with E-state index in [1.165, 1.54) is 0 Å². The van der Waals surface area contributed by atoms with Gasteiger partial charge in [-0.15, -0.1) is 0 Å². The van der Waals surface area contributed by atoms with Gasteiger partial charge in [0.15, 0.2) is 0 Å². The summed E-state index contributed by atoms with van der Waals surface area (Å²) in [7, 11) is 0. The summed E-state index contributed by atoms with van der Waals surface area (Å²) in [5, 5.41) is 12.1. The van der Waals surface area contributed by atoms with Crippen molar-refractivity contribution in [3.8, 4) is 0 Å². The lowest BCUT2D eigenvalue weighted by molar-refractivity contribution is 0.0704. The summed E-state index contributed by atoms with van der Waals surface area (Å²) in [5.74, 6) is 0. The Balaban J connectivity index is 2.24. The van der Waals surface area contributed by atoms with E-state index in [2.05, 4.69) is 29.0 Å². The van der Waals surface area contributed by atoms with E-state index in [0.29, 0.717) is 6.04 Å². The Morgan fingerprint density at radius 3 is 2.33 bits per heavy atom. The largest absolute Gasteiger partial charge is 0.395 e. The van der Waals surface area contributed by atoms with Crippen LogP contribution in [0.25, 0.3) is 0 Å². The van der Waals surface area contributed by atoms with Crippen molar-refractivity contribution < 1.29 is 5.11 Å². The monoisotopic (exact) mass is 216 g/mol. The van der Waals surface area contributed by atoms with Gasteiger partial charge in [0.1, 0.15) is 6.29 Å². The van der Waals surface area contributed by atoms with Crippen LogP contribution in [-0.2, 0) is 0 Å². The van der Waals surface area contributed by atoms with Gasteiger partial charge in [0.25, 0.3) is 0 Å². The summed E-state index contributed by atoms with van der Waals surface area (Å²) < 4.78 is 0. The van der Waals surface area contributed by atoms with Crippen molar-refractivity contribution >= 4 is 0 Å². The van der Waals surface area contributed by atoms with Crippen LogP contribution in [0.4, 0.5) is 0 Å². The molecule has 1 atom stereocenters. The molecule has 0 amide bonds. The highest BCUT2D eigenvalue weighted by atomic mass is 16.3. The molecule has 0 aromatic carbocycles. The fourth-order valence-electron chi connectivity index (χ4n) is 1.85. The third-order valence-electron chi connectivity index (χ3n) is 2.72. The van der Waals surface area contributed by atoms with Crippen molar-refractivity contribution in [2.75, 3.05) is 39.3 Å². The van der Waals surface area contributed by atoms with Gasteiger partial charge in [-0.25, -0.2) is 0 Å². The van der Waals surface area contributed by atoms with E-state index in [4.69, 9.17) is 10.8 Å². The van der Waals surface area contributed by atoms with Crippen LogP contribution >= 0.6 is 0 Å². The van der Waals surface area contributed by atoms with E-state index in [1.807, 2.05) is 0 Å². The fourth-order valence-corrected chi connectivity index (χ4v) is 1.85. The average Bonchev–Trinajstić information content (AvgIpc) is 2.18. The fraction of sp³-hybridized carbons (Fsp3) is 1.00. The van der Waals surface area contributed by atoms with E-state index in [9.17, 15) is 0 Å². The second-order valence-electron chi connectivity index (χ2n) is 4.37. The molecular formula is C10H24N4O. The molecule has 4 N–H and O–H groups in total. The molecule has 1 aliphatic heterocycles. The minimum absolute atomic E-state index is 0.0405. The Morgan fingerprint density at radius 1 is 1.27 bits per heavy atom. The zero-order chi connectivity index (χ0) is 11.3. The molecule has 1 fully saturated rings. The first-order valence-electron chi connectivity index (χ1n) is 5.72. The quantitative estimate of drug-likeness (QED) is 0.506. The van der Waals surface area contributed by atoms with Crippen molar-refractivity contribution in [3.05, 3.63) is 0 Å². The third-order valence-corrected chi connectivity index (χ3v) is 2.72. The number of nitrogens with two attached hydrogens (primary N) is 1. The molecule has 0 aliphatic carbocycles. The Labute approximate surface area is 92.2 Å². The number of hydrogen-bond acceptors (Lipinski definition) is 5. The molecule has 1 aliphatic rings. The minimum atomic E-state index is -0.0405. The molecular weight excluding hydrogens is 192 g/mol. The summed E-state index contributed by atoms with van der Waals surface area (Å²) in [6.07, 6.45) is -0.0405. The molecule has 1 saturated heterocycles. The van der Waals surface area contributed by atoms with Gasteiger partial charge in [-0.3, -0.25) is 15.1 Å². The molecule has 1 rings (SSSR count). The lowest BCUT2D eigenvalue weighted by Gasteiger charge is -2.38. The highest BCUT2D eigenvalue weighted by Crippen LogP contribution is 2.02. The van der Waals surface area contributed by atoms with Gasteiger partial charge in [0.05, 0.1) is 6.61 Å². The standard InChI is InChI=1S/C10H24N4O/c1-9(2)12-10(11)14-5-3-13(4-6-14)7-8-15/h9-10,12,15H,3-8,11H2,1-2H3/t10-/m0/s1. The van der Waals surface area contributed by atoms with E-state index < -0.39 is 0 Å². The number of nitrogens with zero attached hydrogens (tertiary/aromatic N) is 2. The lowest BCUT2D eigenvalue weighted by atomic mass is 10.3. The van der Waals surface area contributed by atoms with E-state index >= 15 is 0 Å². The highest BCUT2D eigenvalue weighted by Gasteiger charge is 2.20. The first-order chi connectivity index (χ1) is 7.13. The Bertz CT molecular complexity index is 169. The molecule has 0 saturated carbocycles. The zero-order valence-corrected chi connectivity index (χ0v) is 9.82. The van der Waals surface area contributed by atoms with Crippen LogP contribution in [0, 0.1) is 0 Å². The zero-order valence-electron chi connectivity index (χ0n) is 9.82. The van der Waals surface area contributed by atoms with Crippen LogP contribution < -0.4 is 11.1 Å². The maximum Gasteiger partial charge on any atom is 0.112 e. The maximum absolute atomic E-state index is 8.82. The Hall–Kier alpha value is -0.200. The second kappa shape index (κ2) is 6.40. The van der Waals surface area contributed by atoms with Gasteiger partial charge in [0.2, 0.25) is 0 Å². The van der Waals surface area contributed by atoms with Crippen molar-refractivity contribution in [2.24, 2.45) is 5.73 Å². The maximum atomic E-state index is 8.82. The van der Waals surface area contributed by atoms with Gasteiger partial charge in [0, 0.05) is 38.8 Å². The molecule has 0 bridgehead atoms. The number of hydrogen-bond donors (Lipinski definition) is 3. The van der Waals surface area contributed by atoms with Crippen LogP contribution in [0.15, 0.2) is 0 Å². The third kappa shape index (κ3) is 4.44. The van der Waals surface area contributed by atoms with Gasteiger partial charge >= 0.3 is 0 Å². The van der Waals surface area contributed by atoms with Gasteiger partial charge in [-0.2, -0.15) is 0 Å². The molecule has 0 unspecified atom stereocenters. The van der Waals surface area contributed by atoms with Crippen LogP contribution in [-0.4, -0.2) is 66.6 Å². The number of rotatable bonds is 5. The number of nitrogens with one attached hydrogen (secondary N) is 1. The SMILES string of the molecule is CC(C)N[C@H](N)N1CCN(CCO)CC1. The number of aliphatic hydroxyl groups is 1. The molecule has 0 spiro atoms. The van der Waals surface area contributed by atoms with Crippen LogP contribution in [0.5, 0.6) is 0 Å². The number of piperazine rings is 1. The molecule has 15 heavy (non-hydrogen) atoms. The van der Waals surface area contributed by atoms with Crippen molar-refractivity contribution in [3.63, 3.8) is 0 Å². The van der Waals surface area contributed by atoms with Crippen molar-refractivity contribution in [1.29, 1.82) is 0 Å². The van der Waals surface area contributed by atoms with Crippen LogP contribution in [0.1, 0.15) is 13.8 Å². The molecule has 0 aromatic heterocycles. The van der Waals surface area contributed by atoms with Gasteiger partial charge < -0.3 is 10.8 Å². The molecule has 1 heterocycles. The summed E-state index contributed by atoms with van der Waals surface area (Å²) in [4.78, 5) is 4.51. The molecule has 0 aromatic rings. The topological polar surface area (TPSA) is 64.8 Å². The predicted octanol–water partition coefficient (Wildman–Crippen LogP) is -1.16. The Kier molecular flexibility index (Phi) is 5.49. The van der Waals surface area contributed by atoms with Crippen LogP contribution in [0.3, 0.4) is 0 Å². The Morgan fingerprint density at radius 2 is 1.87 bits per heavy atom. The normalized spacial score (nSPS) is 22.2. The molecule has 5 nitrogen and oxygen atoms in total. The summed E-state index contributed by atoms with van der Waals surface area (Å²) >= 11 is 0. The van der Waals surface area contributed by atoms with Crippen molar-refractivity contribution in [2.45, 2.75) is 26.2 Å². The first-order valence-corrected chi connectivity index (χ1v) is 5.72. The van der Waals surface area contributed by atoms with Gasteiger partial charge in [-0.05, 0) is 13.8 Å². The smallest absolute Gasteiger partial charge is 0.112 e. The minimum Gasteiger partial charge on any atom is -0.395 e. The van der Waals surface area contributed by atoms with Gasteiger partial charge in [-0.1, -0.05) is 0 Å². The second-order valence-corrected chi connectivity index (χ2v) is 4.37. The lowest BCUT2D eigenvalue weighted by Crippen LogP contribution is -2.60. The number of β-amino-alcohol motifs (C(OH)–C–C–N with tert-alkyl or cyclic N) is 1. The summed E-state index contributed by atoms with van der Waals surface area (Å²) in [6, 6.07) is 0.412. The average molecular weight is 216 g/mol. The van der Waals surface area contributed by atoms with E-state index in [0.717, 1.165) is 32.7 Å². The molecule has 90 valence electrons. The number of aliphatic hydroxyl groups excluding tert-OH is 1. The first kappa shape index (κ1) is 12.9. The van der Waals surface area contributed by atoms with E-state index in [-0.39, 0.29) is 12.9 Å². The molecule has 0 radical (unpaired) electrons. The summed E-state index contributed by atoms with van der Waals surface area (Å²) in [6.45, 7) is 9.16. The van der Waals surface area contributed by atoms with Crippen LogP contribution in [0.2, 0.25) is 0 Å². The highest BCUT2D eigenvalue weighted by molar-refractivity contribution is 4.75. The predicted molar refractivity (Wildman–Crippen MR) is 61.3 cm³/mol.